The van der Waals surface area contributed by atoms with Crippen molar-refractivity contribution < 1.29 is 22.0 Å². The van der Waals surface area contributed by atoms with E-state index in [-0.39, 0.29) is 54.1 Å². The number of carbonyl (C=O) groups excluding carboxylic acids is 1. The molecule has 8 heteroatoms. The molecule has 0 atom stereocenters. The summed E-state index contributed by atoms with van der Waals surface area (Å²) >= 11 is 0. The number of hydrogen-bond donors (Lipinski definition) is 0. The SMILES string of the molecule is Cc1ccc(S(=O)(=O)N2CCN(C(=O)c3ccc(-c4ccccc4F)o3)CC2)cc1C. The summed E-state index contributed by atoms with van der Waals surface area (Å²) in [5.74, 6) is -0.395. The maximum atomic E-state index is 14.0. The molecule has 0 saturated carbocycles. The molecular formula is C23H23FN2O4S. The topological polar surface area (TPSA) is 70.8 Å². The summed E-state index contributed by atoms with van der Waals surface area (Å²) in [6.45, 7) is 4.70. The van der Waals surface area contributed by atoms with Crippen molar-refractivity contribution in [2.75, 3.05) is 26.2 Å². The number of sulfonamides is 1. The third-order valence-corrected chi connectivity index (χ3v) is 7.49. The smallest absolute Gasteiger partial charge is 0.289 e. The molecule has 2 heterocycles. The lowest BCUT2D eigenvalue weighted by Gasteiger charge is -2.33. The van der Waals surface area contributed by atoms with Gasteiger partial charge in [-0.25, -0.2) is 12.8 Å². The predicted molar refractivity (Wildman–Crippen MR) is 115 cm³/mol. The van der Waals surface area contributed by atoms with Gasteiger partial charge in [0, 0.05) is 26.2 Å². The van der Waals surface area contributed by atoms with Crippen LogP contribution in [0, 0.1) is 19.7 Å². The van der Waals surface area contributed by atoms with Gasteiger partial charge in [-0.3, -0.25) is 4.79 Å². The lowest BCUT2D eigenvalue weighted by Crippen LogP contribution is -2.50. The van der Waals surface area contributed by atoms with Gasteiger partial charge >= 0.3 is 0 Å². The molecule has 1 aliphatic rings. The molecule has 6 nitrogen and oxygen atoms in total. The molecule has 0 spiro atoms. The molecule has 1 aromatic heterocycles. The van der Waals surface area contributed by atoms with E-state index in [9.17, 15) is 17.6 Å². The Labute approximate surface area is 180 Å². The number of carbonyl (C=O) groups is 1. The van der Waals surface area contributed by atoms with Gasteiger partial charge in [-0.1, -0.05) is 18.2 Å². The van der Waals surface area contributed by atoms with Crippen LogP contribution >= 0.6 is 0 Å². The first-order chi connectivity index (χ1) is 14.8. The zero-order valence-electron chi connectivity index (χ0n) is 17.3. The third-order valence-electron chi connectivity index (χ3n) is 5.60. The van der Waals surface area contributed by atoms with Crippen LogP contribution in [0.4, 0.5) is 4.39 Å². The van der Waals surface area contributed by atoms with Crippen molar-refractivity contribution in [2.45, 2.75) is 18.7 Å². The summed E-state index contributed by atoms with van der Waals surface area (Å²) in [5, 5.41) is 0. The molecule has 2 aromatic carbocycles. The maximum Gasteiger partial charge on any atom is 0.289 e. The Morgan fingerprint density at radius 1 is 0.935 bits per heavy atom. The summed E-state index contributed by atoms with van der Waals surface area (Å²) in [7, 11) is -3.62. The Morgan fingerprint density at radius 2 is 1.65 bits per heavy atom. The first kappa shape index (κ1) is 21.3. The molecule has 162 valence electrons. The number of hydrogen-bond acceptors (Lipinski definition) is 4. The number of rotatable bonds is 4. The second-order valence-corrected chi connectivity index (χ2v) is 9.52. The van der Waals surface area contributed by atoms with Gasteiger partial charge in [-0.05, 0) is 61.4 Å². The van der Waals surface area contributed by atoms with Gasteiger partial charge in [0.2, 0.25) is 10.0 Å². The number of furan rings is 1. The standard InChI is InChI=1S/C23H23FN2O4S/c1-16-7-8-18(15-17(16)2)31(28,29)26-13-11-25(12-14-26)23(27)22-10-9-21(30-22)19-5-3-4-6-20(19)24/h3-10,15H,11-14H2,1-2H3. The van der Waals surface area contributed by atoms with Crippen LogP contribution in [0.3, 0.4) is 0 Å². The summed E-state index contributed by atoms with van der Waals surface area (Å²) in [4.78, 5) is 14.6. The predicted octanol–water partition coefficient (Wildman–Crippen LogP) is 3.85. The minimum atomic E-state index is -3.62. The fraction of sp³-hybridized carbons (Fsp3) is 0.261. The van der Waals surface area contributed by atoms with E-state index in [0.29, 0.717) is 0 Å². The highest BCUT2D eigenvalue weighted by Crippen LogP contribution is 2.26. The number of benzene rings is 2. The Balaban J connectivity index is 1.45. The van der Waals surface area contributed by atoms with Crippen LogP contribution in [0.25, 0.3) is 11.3 Å². The second-order valence-electron chi connectivity index (χ2n) is 7.59. The minimum Gasteiger partial charge on any atom is -0.451 e. The van der Waals surface area contributed by atoms with Gasteiger partial charge in [0.05, 0.1) is 10.5 Å². The summed E-state index contributed by atoms with van der Waals surface area (Å²) in [6.07, 6.45) is 0. The molecule has 0 unspecified atom stereocenters. The summed E-state index contributed by atoms with van der Waals surface area (Å²) in [6, 6.07) is 14.3. The van der Waals surface area contributed by atoms with Crippen molar-refractivity contribution in [1.82, 2.24) is 9.21 Å². The van der Waals surface area contributed by atoms with E-state index >= 15 is 0 Å². The average molecular weight is 443 g/mol. The average Bonchev–Trinajstić information content (AvgIpc) is 3.25. The van der Waals surface area contributed by atoms with Crippen molar-refractivity contribution in [3.8, 4) is 11.3 Å². The van der Waals surface area contributed by atoms with Gasteiger partial charge in [0.15, 0.2) is 5.76 Å². The van der Waals surface area contributed by atoms with Crippen LogP contribution in [-0.2, 0) is 10.0 Å². The molecule has 3 aromatic rings. The minimum absolute atomic E-state index is 0.101. The second kappa shape index (κ2) is 8.28. The van der Waals surface area contributed by atoms with E-state index < -0.39 is 15.8 Å². The van der Waals surface area contributed by atoms with Crippen molar-refractivity contribution in [2.24, 2.45) is 0 Å². The molecule has 0 N–H and O–H groups in total. The van der Waals surface area contributed by atoms with E-state index in [4.69, 9.17) is 4.42 Å². The monoisotopic (exact) mass is 442 g/mol. The zero-order chi connectivity index (χ0) is 22.2. The van der Waals surface area contributed by atoms with Crippen LogP contribution in [0.2, 0.25) is 0 Å². The van der Waals surface area contributed by atoms with Crippen molar-refractivity contribution in [1.29, 1.82) is 0 Å². The molecule has 31 heavy (non-hydrogen) atoms. The van der Waals surface area contributed by atoms with E-state index in [0.717, 1.165) is 11.1 Å². The van der Waals surface area contributed by atoms with Crippen molar-refractivity contribution in [3.63, 3.8) is 0 Å². The van der Waals surface area contributed by atoms with E-state index in [1.54, 1.807) is 47.4 Å². The lowest BCUT2D eigenvalue weighted by molar-refractivity contribution is 0.0667. The highest BCUT2D eigenvalue weighted by Gasteiger charge is 2.31. The van der Waals surface area contributed by atoms with Gasteiger partial charge in [0.1, 0.15) is 11.6 Å². The molecule has 1 fully saturated rings. The van der Waals surface area contributed by atoms with Gasteiger partial charge in [0.25, 0.3) is 5.91 Å². The number of piperazine rings is 1. The van der Waals surface area contributed by atoms with Gasteiger partial charge in [-0.15, -0.1) is 0 Å². The Morgan fingerprint density at radius 3 is 2.32 bits per heavy atom. The van der Waals surface area contributed by atoms with Crippen LogP contribution in [0.1, 0.15) is 21.7 Å². The summed E-state index contributed by atoms with van der Waals surface area (Å²) < 4.78 is 46.9. The quantitative estimate of drug-likeness (QED) is 0.615. The molecule has 1 saturated heterocycles. The summed E-state index contributed by atoms with van der Waals surface area (Å²) in [5.41, 5.74) is 2.23. The zero-order valence-corrected chi connectivity index (χ0v) is 18.2. The van der Waals surface area contributed by atoms with Crippen LogP contribution in [-0.4, -0.2) is 49.7 Å². The van der Waals surface area contributed by atoms with E-state index in [1.165, 1.54) is 16.4 Å². The van der Waals surface area contributed by atoms with Crippen LogP contribution < -0.4 is 0 Å². The highest BCUT2D eigenvalue weighted by molar-refractivity contribution is 7.89. The van der Waals surface area contributed by atoms with Crippen molar-refractivity contribution in [3.05, 3.63) is 77.3 Å². The fourth-order valence-corrected chi connectivity index (χ4v) is 5.08. The molecule has 0 radical (unpaired) electrons. The maximum absolute atomic E-state index is 14.0. The molecule has 0 bridgehead atoms. The number of aryl methyl sites for hydroxylation is 2. The van der Waals surface area contributed by atoms with E-state index in [2.05, 4.69) is 0 Å². The van der Waals surface area contributed by atoms with E-state index in [1.807, 2.05) is 13.8 Å². The van der Waals surface area contributed by atoms with Crippen molar-refractivity contribution >= 4 is 15.9 Å². The fourth-order valence-electron chi connectivity index (χ4n) is 3.57. The normalized spacial score (nSPS) is 15.3. The third kappa shape index (κ3) is 4.13. The van der Waals surface area contributed by atoms with Gasteiger partial charge < -0.3 is 9.32 Å². The molecule has 1 amide bonds. The molecular weight excluding hydrogens is 419 g/mol. The Hall–Kier alpha value is -2.97. The number of halogens is 1. The van der Waals surface area contributed by atoms with Gasteiger partial charge in [-0.2, -0.15) is 4.31 Å². The Kier molecular flexibility index (Phi) is 5.68. The first-order valence-electron chi connectivity index (χ1n) is 9.99. The highest BCUT2D eigenvalue weighted by atomic mass is 32.2. The molecule has 4 rings (SSSR count). The molecule has 1 aliphatic heterocycles. The van der Waals surface area contributed by atoms with Crippen LogP contribution in [0.5, 0.6) is 0 Å². The largest absolute Gasteiger partial charge is 0.451 e. The first-order valence-corrected chi connectivity index (χ1v) is 11.4. The molecule has 0 aliphatic carbocycles. The Bertz CT molecular complexity index is 1230. The number of amides is 1. The van der Waals surface area contributed by atoms with Crippen LogP contribution in [0.15, 0.2) is 63.9 Å². The number of nitrogens with zero attached hydrogens (tertiary/aromatic N) is 2. The lowest BCUT2D eigenvalue weighted by atomic mass is 10.1.